The van der Waals surface area contributed by atoms with Crippen molar-refractivity contribution in [1.82, 2.24) is 10.3 Å². The van der Waals surface area contributed by atoms with E-state index in [1.54, 1.807) is 12.3 Å². The lowest BCUT2D eigenvalue weighted by Gasteiger charge is -2.11. The van der Waals surface area contributed by atoms with Crippen LogP contribution in [0.1, 0.15) is 28.9 Å². The molecule has 1 amide bonds. The quantitative estimate of drug-likeness (QED) is 0.843. The number of anilines is 1. The van der Waals surface area contributed by atoms with Gasteiger partial charge in [0.05, 0.1) is 6.10 Å². The molecular formula is C18H20ClN3O2. The SMILES string of the molecule is O=C(NCC1CCCO1)c1cc(NCc2ccccc2Cl)ccn1. The number of nitrogens with zero attached hydrogens (tertiary/aromatic N) is 1. The van der Waals surface area contributed by atoms with E-state index < -0.39 is 0 Å². The average Bonchev–Trinajstić information content (AvgIpc) is 3.13. The van der Waals surface area contributed by atoms with Crippen molar-refractivity contribution in [3.05, 3.63) is 58.9 Å². The molecule has 1 aliphatic heterocycles. The summed E-state index contributed by atoms with van der Waals surface area (Å²) in [4.78, 5) is 16.3. The number of pyridine rings is 1. The van der Waals surface area contributed by atoms with Crippen molar-refractivity contribution in [2.75, 3.05) is 18.5 Å². The van der Waals surface area contributed by atoms with Gasteiger partial charge in [-0.25, -0.2) is 0 Å². The zero-order valence-electron chi connectivity index (χ0n) is 13.3. The van der Waals surface area contributed by atoms with Crippen LogP contribution in [-0.2, 0) is 11.3 Å². The van der Waals surface area contributed by atoms with Gasteiger partial charge in [0.15, 0.2) is 0 Å². The van der Waals surface area contributed by atoms with Crippen LogP contribution in [0.25, 0.3) is 0 Å². The summed E-state index contributed by atoms with van der Waals surface area (Å²) in [5, 5.41) is 6.86. The third-order valence-electron chi connectivity index (χ3n) is 3.95. The fourth-order valence-electron chi connectivity index (χ4n) is 2.61. The van der Waals surface area contributed by atoms with Crippen LogP contribution in [0.15, 0.2) is 42.6 Å². The lowest BCUT2D eigenvalue weighted by atomic mass is 10.2. The molecule has 1 aromatic carbocycles. The van der Waals surface area contributed by atoms with E-state index in [1.807, 2.05) is 30.3 Å². The fourth-order valence-corrected chi connectivity index (χ4v) is 2.81. The number of hydrogen-bond donors (Lipinski definition) is 2. The van der Waals surface area contributed by atoms with Gasteiger partial charge in [0, 0.05) is 36.6 Å². The number of hydrogen-bond acceptors (Lipinski definition) is 4. The molecule has 0 radical (unpaired) electrons. The molecule has 1 atom stereocenters. The van der Waals surface area contributed by atoms with E-state index in [1.165, 1.54) is 0 Å². The van der Waals surface area contributed by atoms with Crippen LogP contribution in [0.5, 0.6) is 0 Å². The predicted molar refractivity (Wildman–Crippen MR) is 94.3 cm³/mol. The van der Waals surface area contributed by atoms with Crippen molar-refractivity contribution in [2.24, 2.45) is 0 Å². The molecule has 1 aromatic heterocycles. The molecule has 0 aliphatic carbocycles. The fraction of sp³-hybridized carbons (Fsp3) is 0.333. The van der Waals surface area contributed by atoms with E-state index in [4.69, 9.17) is 16.3 Å². The van der Waals surface area contributed by atoms with Crippen LogP contribution in [0.2, 0.25) is 5.02 Å². The summed E-state index contributed by atoms with van der Waals surface area (Å²) in [5.41, 5.74) is 2.21. The molecule has 2 N–H and O–H groups in total. The maximum absolute atomic E-state index is 12.2. The van der Waals surface area contributed by atoms with Crippen molar-refractivity contribution in [3.63, 3.8) is 0 Å². The molecule has 0 bridgehead atoms. The summed E-state index contributed by atoms with van der Waals surface area (Å²) in [6.45, 7) is 1.89. The van der Waals surface area contributed by atoms with E-state index in [-0.39, 0.29) is 12.0 Å². The van der Waals surface area contributed by atoms with Crippen LogP contribution >= 0.6 is 11.6 Å². The Morgan fingerprint density at radius 2 is 2.21 bits per heavy atom. The minimum absolute atomic E-state index is 0.121. The topological polar surface area (TPSA) is 63.2 Å². The molecule has 2 aromatic rings. The first-order valence-electron chi connectivity index (χ1n) is 8.05. The Labute approximate surface area is 146 Å². The van der Waals surface area contributed by atoms with Gasteiger partial charge in [0.25, 0.3) is 5.91 Å². The second-order valence-corrected chi connectivity index (χ2v) is 6.13. The molecule has 1 unspecified atom stereocenters. The van der Waals surface area contributed by atoms with Gasteiger partial charge in [0.1, 0.15) is 5.69 Å². The average molecular weight is 346 g/mol. The van der Waals surface area contributed by atoms with E-state index >= 15 is 0 Å². The number of amides is 1. The molecule has 1 aliphatic rings. The molecule has 24 heavy (non-hydrogen) atoms. The molecule has 0 saturated carbocycles. The standard InChI is InChI=1S/C18H20ClN3O2/c19-16-6-2-1-4-13(16)11-21-14-7-8-20-17(10-14)18(23)22-12-15-5-3-9-24-15/h1-2,4,6-8,10,15H,3,5,9,11-12H2,(H,20,21)(H,22,23). The zero-order chi connectivity index (χ0) is 16.8. The van der Waals surface area contributed by atoms with Crippen molar-refractivity contribution in [3.8, 4) is 0 Å². The summed E-state index contributed by atoms with van der Waals surface area (Å²) in [6.07, 6.45) is 3.79. The van der Waals surface area contributed by atoms with Crippen LogP contribution in [-0.4, -0.2) is 30.1 Å². The van der Waals surface area contributed by atoms with Crippen molar-refractivity contribution < 1.29 is 9.53 Å². The van der Waals surface area contributed by atoms with Crippen LogP contribution in [0, 0.1) is 0 Å². The van der Waals surface area contributed by atoms with Gasteiger partial charge in [-0.3, -0.25) is 9.78 Å². The largest absolute Gasteiger partial charge is 0.381 e. The van der Waals surface area contributed by atoms with E-state index in [0.29, 0.717) is 23.8 Å². The normalized spacial score (nSPS) is 16.8. The lowest BCUT2D eigenvalue weighted by Crippen LogP contribution is -2.32. The summed E-state index contributed by atoms with van der Waals surface area (Å²) in [6, 6.07) is 11.2. The molecular weight excluding hydrogens is 326 g/mol. The van der Waals surface area contributed by atoms with Crippen LogP contribution < -0.4 is 10.6 Å². The molecule has 1 fully saturated rings. The molecule has 126 valence electrons. The van der Waals surface area contributed by atoms with Gasteiger partial charge in [0.2, 0.25) is 0 Å². The summed E-state index contributed by atoms with van der Waals surface area (Å²) in [7, 11) is 0. The number of ether oxygens (including phenoxy) is 1. The Hall–Kier alpha value is -2.11. The Morgan fingerprint density at radius 3 is 3.00 bits per heavy atom. The summed E-state index contributed by atoms with van der Waals surface area (Å²) in [5.74, 6) is -0.188. The second kappa shape index (κ2) is 8.13. The number of carbonyl (C=O) groups is 1. The maximum atomic E-state index is 12.2. The highest BCUT2D eigenvalue weighted by Gasteiger charge is 2.17. The zero-order valence-corrected chi connectivity index (χ0v) is 14.1. The number of benzene rings is 1. The first-order valence-corrected chi connectivity index (χ1v) is 8.43. The van der Waals surface area contributed by atoms with Crippen molar-refractivity contribution >= 4 is 23.2 Å². The third kappa shape index (κ3) is 4.46. The van der Waals surface area contributed by atoms with E-state index in [9.17, 15) is 4.79 Å². The smallest absolute Gasteiger partial charge is 0.270 e. The minimum atomic E-state index is -0.188. The van der Waals surface area contributed by atoms with Gasteiger partial charge < -0.3 is 15.4 Å². The monoisotopic (exact) mass is 345 g/mol. The highest BCUT2D eigenvalue weighted by molar-refractivity contribution is 6.31. The van der Waals surface area contributed by atoms with Crippen molar-refractivity contribution in [2.45, 2.75) is 25.5 Å². The maximum Gasteiger partial charge on any atom is 0.270 e. The van der Waals surface area contributed by atoms with Gasteiger partial charge in [-0.1, -0.05) is 29.8 Å². The number of rotatable bonds is 6. The van der Waals surface area contributed by atoms with Gasteiger partial charge in [-0.15, -0.1) is 0 Å². The molecule has 5 nitrogen and oxygen atoms in total. The number of halogens is 1. The Balaban J connectivity index is 1.57. The van der Waals surface area contributed by atoms with Gasteiger partial charge in [-0.2, -0.15) is 0 Å². The minimum Gasteiger partial charge on any atom is -0.381 e. The first-order chi connectivity index (χ1) is 11.7. The van der Waals surface area contributed by atoms with Crippen LogP contribution in [0.3, 0.4) is 0 Å². The summed E-state index contributed by atoms with van der Waals surface area (Å²) >= 11 is 6.15. The highest BCUT2D eigenvalue weighted by atomic mass is 35.5. The molecule has 1 saturated heterocycles. The third-order valence-corrected chi connectivity index (χ3v) is 4.32. The van der Waals surface area contributed by atoms with Crippen LogP contribution in [0.4, 0.5) is 5.69 Å². The van der Waals surface area contributed by atoms with Gasteiger partial charge in [-0.05, 0) is 36.6 Å². The Kier molecular flexibility index (Phi) is 5.67. The lowest BCUT2D eigenvalue weighted by molar-refractivity contribution is 0.0854. The predicted octanol–water partition coefficient (Wildman–Crippen LogP) is 3.26. The molecule has 3 rings (SSSR count). The Bertz CT molecular complexity index is 702. The Morgan fingerprint density at radius 1 is 1.33 bits per heavy atom. The van der Waals surface area contributed by atoms with E-state index in [0.717, 1.165) is 30.7 Å². The highest BCUT2D eigenvalue weighted by Crippen LogP contribution is 2.17. The molecule has 2 heterocycles. The number of aromatic nitrogens is 1. The van der Waals surface area contributed by atoms with E-state index in [2.05, 4.69) is 15.6 Å². The number of nitrogens with one attached hydrogen (secondary N) is 2. The van der Waals surface area contributed by atoms with Gasteiger partial charge >= 0.3 is 0 Å². The second-order valence-electron chi connectivity index (χ2n) is 5.72. The molecule has 0 spiro atoms. The van der Waals surface area contributed by atoms with Crippen molar-refractivity contribution in [1.29, 1.82) is 0 Å². The molecule has 6 heteroatoms. The summed E-state index contributed by atoms with van der Waals surface area (Å²) < 4.78 is 5.50. The first kappa shape index (κ1) is 16.7. The number of carbonyl (C=O) groups excluding carboxylic acids is 1.